The minimum Gasteiger partial charge on any atom is -0.478 e. The maximum Gasteiger partial charge on any atom is 0.335 e. The molecule has 7 nitrogen and oxygen atoms in total. The number of amides is 2. The van der Waals surface area contributed by atoms with Crippen LogP contribution < -0.4 is 10.6 Å². The van der Waals surface area contributed by atoms with E-state index in [-0.39, 0.29) is 24.7 Å². The van der Waals surface area contributed by atoms with Gasteiger partial charge in [0.05, 0.1) is 12.2 Å². The minimum atomic E-state index is -0.983. The van der Waals surface area contributed by atoms with Gasteiger partial charge in [-0.25, -0.2) is 9.59 Å². The number of aromatic carboxylic acids is 1. The lowest BCUT2D eigenvalue weighted by Gasteiger charge is -2.16. The normalized spacial score (nSPS) is 11.8. The van der Waals surface area contributed by atoms with Gasteiger partial charge in [0, 0.05) is 13.7 Å². The molecule has 0 saturated carbocycles. The third kappa shape index (κ3) is 4.85. The summed E-state index contributed by atoms with van der Waals surface area (Å²) in [7, 11) is 1.55. The number of carboxylic acids is 1. The predicted octanol–water partition coefficient (Wildman–Crippen LogP) is 2.47. The van der Waals surface area contributed by atoms with Gasteiger partial charge in [-0.05, 0) is 36.8 Å². The molecule has 3 N–H and O–H groups in total. The quantitative estimate of drug-likeness (QED) is 0.723. The number of methoxy groups -OCH3 is 1. The average Bonchev–Trinajstić information content (AvgIpc) is 2.99. The summed E-state index contributed by atoms with van der Waals surface area (Å²) < 4.78 is 10.6. The molecule has 1 unspecified atom stereocenters. The molecule has 0 spiro atoms. The first-order chi connectivity index (χ1) is 11.5. The fraction of sp³-hybridized carbons (Fsp3) is 0.294. The molecule has 2 rings (SSSR count). The summed E-state index contributed by atoms with van der Waals surface area (Å²) in [4.78, 5) is 22.8. The number of benzene rings is 1. The monoisotopic (exact) mass is 332 g/mol. The Labute approximate surface area is 139 Å². The van der Waals surface area contributed by atoms with E-state index in [1.54, 1.807) is 25.3 Å². The zero-order chi connectivity index (χ0) is 17.5. The van der Waals surface area contributed by atoms with Crippen molar-refractivity contribution < 1.29 is 23.8 Å². The summed E-state index contributed by atoms with van der Waals surface area (Å²) >= 11 is 0. The molecule has 0 aliphatic carbocycles. The molecule has 0 fully saturated rings. The van der Waals surface area contributed by atoms with Crippen molar-refractivity contribution in [2.24, 2.45) is 0 Å². The molecule has 0 aliphatic rings. The zero-order valence-corrected chi connectivity index (χ0v) is 13.5. The van der Waals surface area contributed by atoms with E-state index in [1.807, 2.05) is 13.0 Å². The molecule has 2 aromatic rings. The number of carbonyl (C=O) groups excluding carboxylic acids is 1. The van der Waals surface area contributed by atoms with Crippen molar-refractivity contribution >= 4 is 12.0 Å². The topological polar surface area (TPSA) is 101 Å². The van der Waals surface area contributed by atoms with E-state index in [2.05, 4.69) is 10.6 Å². The summed E-state index contributed by atoms with van der Waals surface area (Å²) in [6.45, 7) is 2.39. The number of furan rings is 1. The van der Waals surface area contributed by atoms with Gasteiger partial charge in [0.2, 0.25) is 0 Å². The van der Waals surface area contributed by atoms with Gasteiger partial charge in [0.1, 0.15) is 17.6 Å². The Morgan fingerprint density at radius 1 is 1.21 bits per heavy atom. The largest absolute Gasteiger partial charge is 0.478 e. The lowest BCUT2D eigenvalue weighted by atomic mass is 10.1. The first-order valence-corrected chi connectivity index (χ1v) is 7.41. The van der Waals surface area contributed by atoms with Crippen molar-refractivity contribution in [2.75, 3.05) is 13.7 Å². The van der Waals surface area contributed by atoms with Crippen LogP contribution in [0.25, 0.3) is 0 Å². The third-order valence-corrected chi connectivity index (χ3v) is 3.40. The Hall–Kier alpha value is -2.80. The van der Waals surface area contributed by atoms with E-state index in [1.165, 1.54) is 12.1 Å². The molecule has 0 bridgehead atoms. The van der Waals surface area contributed by atoms with Crippen LogP contribution in [0.2, 0.25) is 0 Å². The number of carboxylic acid groups (broad SMARTS) is 1. The minimum absolute atomic E-state index is 0.205. The molecule has 1 heterocycles. The summed E-state index contributed by atoms with van der Waals surface area (Å²) in [6.07, 6.45) is 0. The summed E-state index contributed by atoms with van der Waals surface area (Å²) in [6, 6.07) is 9.17. The SMILES string of the molecule is COCC(NC(=O)NCc1ccc(C(=O)O)cc1)c1ccc(C)o1. The molecule has 24 heavy (non-hydrogen) atoms. The van der Waals surface area contributed by atoms with E-state index in [0.717, 1.165) is 11.3 Å². The fourth-order valence-electron chi connectivity index (χ4n) is 2.16. The number of nitrogens with one attached hydrogen (secondary N) is 2. The van der Waals surface area contributed by atoms with Crippen LogP contribution in [0, 0.1) is 6.92 Å². The molecule has 128 valence electrons. The molecular formula is C17H20N2O5. The van der Waals surface area contributed by atoms with Crippen molar-refractivity contribution in [2.45, 2.75) is 19.5 Å². The second-order valence-corrected chi connectivity index (χ2v) is 5.29. The van der Waals surface area contributed by atoms with E-state index in [0.29, 0.717) is 5.76 Å². The summed E-state index contributed by atoms with van der Waals surface area (Å²) in [5, 5.41) is 14.4. The first kappa shape index (κ1) is 17.6. The molecule has 1 aromatic heterocycles. The second-order valence-electron chi connectivity index (χ2n) is 5.29. The first-order valence-electron chi connectivity index (χ1n) is 7.41. The third-order valence-electron chi connectivity index (χ3n) is 3.40. The molecular weight excluding hydrogens is 312 g/mol. The van der Waals surface area contributed by atoms with Crippen LogP contribution >= 0.6 is 0 Å². The Morgan fingerprint density at radius 3 is 2.46 bits per heavy atom. The van der Waals surface area contributed by atoms with Gasteiger partial charge < -0.3 is 24.9 Å². The van der Waals surface area contributed by atoms with E-state index < -0.39 is 12.0 Å². The highest BCUT2D eigenvalue weighted by molar-refractivity contribution is 5.87. The highest BCUT2D eigenvalue weighted by atomic mass is 16.5. The number of rotatable bonds is 7. The van der Waals surface area contributed by atoms with Gasteiger partial charge in [0.15, 0.2) is 0 Å². The van der Waals surface area contributed by atoms with Gasteiger partial charge in [-0.2, -0.15) is 0 Å². The smallest absolute Gasteiger partial charge is 0.335 e. The molecule has 1 aromatic carbocycles. The number of ether oxygens (including phenoxy) is 1. The number of aryl methyl sites for hydroxylation is 1. The van der Waals surface area contributed by atoms with Crippen LogP contribution in [0.4, 0.5) is 4.79 Å². The Kier molecular flexibility index (Phi) is 5.97. The van der Waals surface area contributed by atoms with Gasteiger partial charge in [-0.1, -0.05) is 12.1 Å². The fourth-order valence-corrected chi connectivity index (χ4v) is 2.16. The van der Waals surface area contributed by atoms with Crippen LogP contribution in [-0.4, -0.2) is 30.8 Å². The molecule has 1 atom stereocenters. The van der Waals surface area contributed by atoms with Crippen LogP contribution in [0.15, 0.2) is 40.8 Å². The van der Waals surface area contributed by atoms with Gasteiger partial charge >= 0.3 is 12.0 Å². The molecule has 7 heteroatoms. The lowest BCUT2D eigenvalue weighted by molar-refractivity contribution is 0.0697. The van der Waals surface area contributed by atoms with Crippen molar-refractivity contribution in [1.82, 2.24) is 10.6 Å². The van der Waals surface area contributed by atoms with Crippen molar-refractivity contribution in [3.8, 4) is 0 Å². The Balaban J connectivity index is 1.90. The van der Waals surface area contributed by atoms with E-state index >= 15 is 0 Å². The second kappa shape index (κ2) is 8.16. The number of hydrogen-bond acceptors (Lipinski definition) is 4. The van der Waals surface area contributed by atoms with Crippen molar-refractivity contribution in [3.05, 3.63) is 59.0 Å². The molecule has 0 radical (unpaired) electrons. The number of hydrogen-bond donors (Lipinski definition) is 3. The summed E-state index contributed by atoms with van der Waals surface area (Å²) in [5.74, 6) is 0.394. The van der Waals surface area contributed by atoms with E-state index in [9.17, 15) is 9.59 Å². The van der Waals surface area contributed by atoms with Crippen molar-refractivity contribution in [3.63, 3.8) is 0 Å². The van der Waals surface area contributed by atoms with Gasteiger partial charge in [0.25, 0.3) is 0 Å². The van der Waals surface area contributed by atoms with Crippen LogP contribution in [0.1, 0.15) is 33.5 Å². The average molecular weight is 332 g/mol. The number of carbonyl (C=O) groups is 2. The van der Waals surface area contributed by atoms with Crippen LogP contribution in [-0.2, 0) is 11.3 Å². The Bertz CT molecular complexity index is 693. The van der Waals surface area contributed by atoms with Crippen molar-refractivity contribution in [1.29, 1.82) is 0 Å². The highest BCUT2D eigenvalue weighted by Gasteiger charge is 2.17. The Morgan fingerprint density at radius 2 is 1.92 bits per heavy atom. The maximum absolute atomic E-state index is 12.0. The zero-order valence-electron chi connectivity index (χ0n) is 13.5. The lowest BCUT2D eigenvalue weighted by Crippen LogP contribution is -2.39. The predicted molar refractivity (Wildman–Crippen MR) is 86.8 cm³/mol. The standard InChI is InChI=1S/C17H20N2O5/c1-11-3-8-15(24-11)14(10-23-2)19-17(22)18-9-12-4-6-13(7-5-12)16(20)21/h3-8,14H,9-10H2,1-2H3,(H,20,21)(H2,18,19,22). The van der Waals surface area contributed by atoms with E-state index in [4.69, 9.17) is 14.3 Å². The highest BCUT2D eigenvalue weighted by Crippen LogP contribution is 2.16. The molecule has 2 amide bonds. The van der Waals surface area contributed by atoms with Gasteiger partial charge in [-0.3, -0.25) is 0 Å². The summed E-state index contributed by atoms with van der Waals surface area (Å²) in [5.41, 5.74) is 1.00. The maximum atomic E-state index is 12.0. The molecule has 0 aliphatic heterocycles. The van der Waals surface area contributed by atoms with Crippen LogP contribution in [0.5, 0.6) is 0 Å². The number of urea groups is 1. The van der Waals surface area contributed by atoms with Crippen LogP contribution in [0.3, 0.4) is 0 Å². The van der Waals surface area contributed by atoms with Gasteiger partial charge in [-0.15, -0.1) is 0 Å². The molecule has 0 saturated heterocycles.